The van der Waals surface area contributed by atoms with Crippen molar-refractivity contribution in [1.82, 2.24) is 15.3 Å². The standard InChI is InChI=1S/C14H16N4O3/c1-21-12-3-2-10-13(17-12)11(4-5-15-10)18-7-9(8-18)6-16-14(19)20/h2-5,9,16H,6-8H2,1H3,(H,19,20). The van der Waals surface area contributed by atoms with Crippen LogP contribution in [0.25, 0.3) is 11.0 Å². The van der Waals surface area contributed by atoms with E-state index in [-0.39, 0.29) is 0 Å². The van der Waals surface area contributed by atoms with Crippen molar-refractivity contribution in [1.29, 1.82) is 0 Å². The molecule has 3 heterocycles. The zero-order valence-corrected chi connectivity index (χ0v) is 11.6. The molecular weight excluding hydrogens is 272 g/mol. The van der Waals surface area contributed by atoms with Crippen molar-refractivity contribution in [3.8, 4) is 5.88 Å². The van der Waals surface area contributed by atoms with Gasteiger partial charge < -0.3 is 20.1 Å². The third kappa shape index (κ3) is 2.67. The Morgan fingerprint density at radius 3 is 3.00 bits per heavy atom. The number of methoxy groups -OCH3 is 1. The molecule has 3 rings (SSSR count). The summed E-state index contributed by atoms with van der Waals surface area (Å²) in [6.45, 7) is 2.09. The molecule has 0 aromatic carbocycles. The fourth-order valence-electron chi connectivity index (χ4n) is 2.49. The van der Waals surface area contributed by atoms with E-state index in [1.54, 1.807) is 19.4 Å². The van der Waals surface area contributed by atoms with Crippen molar-refractivity contribution < 1.29 is 14.6 Å². The monoisotopic (exact) mass is 288 g/mol. The van der Waals surface area contributed by atoms with Crippen LogP contribution in [0.2, 0.25) is 0 Å². The maximum atomic E-state index is 10.5. The molecule has 21 heavy (non-hydrogen) atoms. The van der Waals surface area contributed by atoms with Gasteiger partial charge in [0.15, 0.2) is 0 Å². The predicted molar refractivity (Wildman–Crippen MR) is 77.8 cm³/mol. The summed E-state index contributed by atoms with van der Waals surface area (Å²) in [6.07, 6.45) is 0.781. The Kier molecular flexibility index (Phi) is 3.47. The number of pyridine rings is 2. The molecule has 1 fully saturated rings. The molecule has 0 radical (unpaired) electrons. The first-order valence-electron chi connectivity index (χ1n) is 6.69. The number of carbonyl (C=O) groups is 1. The second-order valence-electron chi connectivity index (χ2n) is 5.01. The Bertz CT molecular complexity index is 670. The summed E-state index contributed by atoms with van der Waals surface area (Å²) in [4.78, 5) is 21.4. The lowest BCUT2D eigenvalue weighted by Crippen LogP contribution is -2.51. The summed E-state index contributed by atoms with van der Waals surface area (Å²) in [7, 11) is 1.58. The van der Waals surface area contributed by atoms with Gasteiger partial charge in [-0.25, -0.2) is 9.78 Å². The van der Waals surface area contributed by atoms with E-state index < -0.39 is 6.09 Å². The lowest BCUT2D eigenvalue weighted by Gasteiger charge is -2.41. The van der Waals surface area contributed by atoms with Gasteiger partial charge in [0.1, 0.15) is 5.52 Å². The van der Waals surface area contributed by atoms with Gasteiger partial charge in [-0.1, -0.05) is 0 Å². The van der Waals surface area contributed by atoms with E-state index in [4.69, 9.17) is 9.84 Å². The van der Waals surface area contributed by atoms with Crippen LogP contribution in [-0.2, 0) is 0 Å². The van der Waals surface area contributed by atoms with E-state index in [0.29, 0.717) is 18.3 Å². The van der Waals surface area contributed by atoms with Crippen LogP contribution < -0.4 is 15.0 Å². The number of hydrogen-bond donors (Lipinski definition) is 2. The third-order valence-corrected chi connectivity index (χ3v) is 3.59. The molecule has 1 aliphatic rings. The highest BCUT2D eigenvalue weighted by Crippen LogP contribution is 2.30. The largest absolute Gasteiger partial charge is 0.481 e. The van der Waals surface area contributed by atoms with Crippen LogP contribution in [0.4, 0.5) is 10.5 Å². The number of fused-ring (bicyclic) bond motifs is 1. The molecule has 2 aromatic heterocycles. The molecule has 0 aliphatic carbocycles. The second-order valence-corrected chi connectivity index (χ2v) is 5.01. The number of nitrogens with zero attached hydrogens (tertiary/aromatic N) is 3. The van der Waals surface area contributed by atoms with Crippen LogP contribution in [0.1, 0.15) is 0 Å². The van der Waals surface area contributed by atoms with Gasteiger partial charge in [-0.15, -0.1) is 0 Å². The Morgan fingerprint density at radius 2 is 2.29 bits per heavy atom. The van der Waals surface area contributed by atoms with Crippen molar-refractivity contribution in [2.45, 2.75) is 0 Å². The number of anilines is 1. The predicted octanol–water partition coefficient (Wildman–Crippen LogP) is 1.34. The van der Waals surface area contributed by atoms with Gasteiger partial charge in [0.05, 0.1) is 18.3 Å². The van der Waals surface area contributed by atoms with Crippen molar-refractivity contribution in [2.75, 3.05) is 31.6 Å². The van der Waals surface area contributed by atoms with Gasteiger partial charge in [-0.05, 0) is 12.1 Å². The average molecular weight is 288 g/mol. The van der Waals surface area contributed by atoms with E-state index in [0.717, 1.165) is 29.8 Å². The first-order chi connectivity index (χ1) is 10.2. The minimum atomic E-state index is -0.978. The second kappa shape index (κ2) is 5.43. The van der Waals surface area contributed by atoms with Crippen molar-refractivity contribution in [3.63, 3.8) is 0 Å². The summed E-state index contributed by atoms with van der Waals surface area (Å²) in [5.41, 5.74) is 2.63. The molecule has 110 valence electrons. The average Bonchev–Trinajstić information content (AvgIpc) is 2.45. The van der Waals surface area contributed by atoms with Gasteiger partial charge in [0.2, 0.25) is 5.88 Å². The molecule has 1 amide bonds. The van der Waals surface area contributed by atoms with Gasteiger partial charge in [-0.2, -0.15) is 0 Å². The molecule has 0 bridgehead atoms. The highest BCUT2D eigenvalue weighted by Gasteiger charge is 2.28. The van der Waals surface area contributed by atoms with Crippen LogP contribution in [0, 0.1) is 5.92 Å². The molecule has 1 aliphatic heterocycles. The minimum Gasteiger partial charge on any atom is -0.481 e. The Hall–Kier alpha value is -2.57. The van der Waals surface area contributed by atoms with Gasteiger partial charge in [0.25, 0.3) is 0 Å². The summed E-state index contributed by atoms with van der Waals surface area (Å²) in [5, 5.41) is 11.0. The number of aromatic nitrogens is 2. The lowest BCUT2D eigenvalue weighted by molar-refractivity contribution is 0.191. The summed E-state index contributed by atoms with van der Waals surface area (Å²) >= 11 is 0. The number of hydrogen-bond acceptors (Lipinski definition) is 5. The minimum absolute atomic E-state index is 0.329. The van der Waals surface area contributed by atoms with E-state index >= 15 is 0 Å². The molecule has 0 atom stereocenters. The smallest absolute Gasteiger partial charge is 0.404 e. The van der Waals surface area contributed by atoms with E-state index in [1.807, 2.05) is 12.1 Å². The van der Waals surface area contributed by atoms with Crippen LogP contribution in [0.15, 0.2) is 24.4 Å². The Labute approximate surface area is 121 Å². The molecule has 1 saturated heterocycles. The molecule has 0 spiro atoms. The number of amides is 1. The normalized spacial score (nSPS) is 14.8. The summed E-state index contributed by atoms with van der Waals surface area (Å²) in [6, 6.07) is 5.60. The fourth-order valence-corrected chi connectivity index (χ4v) is 2.49. The van der Waals surface area contributed by atoms with Gasteiger partial charge >= 0.3 is 6.09 Å². The van der Waals surface area contributed by atoms with Crippen molar-refractivity contribution >= 4 is 22.8 Å². The van der Waals surface area contributed by atoms with Gasteiger partial charge in [0, 0.05) is 37.8 Å². The maximum Gasteiger partial charge on any atom is 0.404 e. The molecular formula is C14H16N4O3. The zero-order chi connectivity index (χ0) is 14.8. The van der Waals surface area contributed by atoms with E-state index in [1.165, 1.54) is 0 Å². The summed E-state index contributed by atoms with van der Waals surface area (Å²) in [5.74, 6) is 0.885. The van der Waals surface area contributed by atoms with Crippen LogP contribution in [-0.4, -0.2) is 47.9 Å². The molecule has 2 N–H and O–H groups in total. The number of carboxylic acid groups (broad SMARTS) is 1. The SMILES string of the molecule is COc1ccc2nccc(N3CC(CNC(=O)O)C3)c2n1. The highest BCUT2D eigenvalue weighted by molar-refractivity contribution is 5.88. The van der Waals surface area contributed by atoms with E-state index in [2.05, 4.69) is 20.2 Å². The van der Waals surface area contributed by atoms with Crippen molar-refractivity contribution in [3.05, 3.63) is 24.4 Å². The number of ether oxygens (including phenoxy) is 1. The Balaban J connectivity index is 1.77. The molecule has 7 heteroatoms. The third-order valence-electron chi connectivity index (χ3n) is 3.59. The quantitative estimate of drug-likeness (QED) is 0.883. The van der Waals surface area contributed by atoms with Crippen LogP contribution in [0.5, 0.6) is 5.88 Å². The highest BCUT2D eigenvalue weighted by atomic mass is 16.5. The first-order valence-corrected chi connectivity index (χ1v) is 6.69. The van der Waals surface area contributed by atoms with Gasteiger partial charge in [-0.3, -0.25) is 4.98 Å². The number of nitrogens with one attached hydrogen (secondary N) is 1. The van der Waals surface area contributed by atoms with E-state index in [9.17, 15) is 4.79 Å². The fraction of sp³-hybridized carbons (Fsp3) is 0.357. The van der Waals surface area contributed by atoms with Crippen molar-refractivity contribution in [2.24, 2.45) is 5.92 Å². The summed E-state index contributed by atoms with van der Waals surface area (Å²) < 4.78 is 5.16. The lowest BCUT2D eigenvalue weighted by atomic mass is 9.99. The molecule has 0 saturated carbocycles. The van der Waals surface area contributed by atoms with Crippen LogP contribution >= 0.6 is 0 Å². The topological polar surface area (TPSA) is 87.6 Å². The molecule has 2 aromatic rings. The molecule has 7 nitrogen and oxygen atoms in total. The Morgan fingerprint density at radius 1 is 1.48 bits per heavy atom. The first kappa shape index (κ1) is 13.4. The maximum absolute atomic E-state index is 10.5. The number of rotatable bonds is 4. The zero-order valence-electron chi connectivity index (χ0n) is 11.6. The van der Waals surface area contributed by atoms with Crippen LogP contribution in [0.3, 0.4) is 0 Å². The molecule has 0 unspecified atom stereocenters.